The second kappa shape index (κ2) is 6.82. The lowest BCUT2D eigenvalue weighted by molar-refractivity contribution is 0.0734. The van der Waals surface area contributed by atoms with E-state index in [-0.39, 0.29) is 5.78 Å². The van der Waals surface area contributed by atoms with E-state index in [1.165, 1.54) is 11.0 Å². The highest BCUT2D eigenvalue weighted by Gasteiger charge is 2.10. The number of aromatic nitrogens is 4. The lowest BCUT2D eigenvalue weighted by Crippen LogP contribution is -2.09. The van der Waals surface area contributed by atoms with Gasteiger partial charge in [0.15, 0.2) is 5.78 Å². The minimum Gasteiger partial charge on any atom is -0.423 e. The molecule has 1 aromatic heterocycles. The number of rotatable bonds is 5. The van der Waals surface area contributed by atoms with Gasteiger partial charge in [0.05, 0.1) is 11.3 Å². The molecule has 0 fully saturated rings. The Balaban J connectivity index is 1.69. The van der Waals surface area contributed by atoms with Gasteiger partial charge in [-0.1, -0.05) is 6.92 Å². The summed E-state index contributed by atoms with van der Waals surface area (Å²) in [5, 5.41) is 10.9. The monoisotopic (exact) mass is 322 g/mol. The molecule has 3 aromatic rings. The zero-order valence-corrected chi connectivity index (χ0v) is 12.9. The van der Waals surface area contributed by atoms with Crippen LogP contribution in [0, 0.1) is 0 Å². The number of nitrogens with zero attached hydrogens (tertiary/aromatic N) is 4. The van der Waals surface area contributed by atoms with Crippen LogP contribution in [-0.4, -0.2) is 32.0 Å². The van der Waals surface area contributed by atoms with Crippen molar-refractivity contribution in [3.8, 4) is 11.4 Å². The van der Waals surface area contributed by atoms with Crippen LogP contribution in [0.25, 0.3) is 5.69 Å². The first kappa shape index (κ1) is 15.5. The van der Waals surface area contributed by atoms with E-state index < -0.39 is 5.97 Å². The maximum atomic E-state index is 12.2. The van der Waals surface area contributed by atoms with Crippen LogP contribution >= 0.6 is 0 Å². The van der Waals surface area contributed by atoms with Gasteiger partial charge in [0.25, 0.3) is 0 Å². The molecule has 120 valence electrons. The summed E-state index contributed by atoms with van der Waals surface area (Å²) in [7, 11) is 0. The molecule has 2 aromatic carbocycles. The molecule has 0 radical (unpaired) electrons. The largest absolute Gasteiger partial charge is 0.423 e. The van der Waals surface area contributed by atoms with Crippen LogP contribution in [0.5, 0.6) is 5.75 Å². The van der Waals surface area contributed by atoms with E-state index in [0.29, 0.717) is 23.3 Å². The minimum atomic E-state index is -0.479. The van der Waals surface area contributed by atoms with E-state index >= 15 is 0 Å². The van der Waals surface area contributed by atoms with Crippen LogP contribution in [0.2, 0.25) is 0 Å². The molecule has 1 heterocycles. The first-order valence-corrected chi connectivity index (χ1v) is 7.36. The molecule has 0 aliphatic carbocycles. The van der Waals surface area contributed by atoms with Gasteiger partial charge >= 0.3 is 5.97 Å². The first-order chi connectivity index (χ1) is 11.7. The predicted molar refractivity (Wildman–Crippen MR) is 85.2 cm³/mol. The van der Waals surface area contributed by atoms with Gasteiger partial charge in [-0.25, -0.2) is 9.48 Å². The third-order valence-electron chi connectivity index (χ3n) is 3.42. The summed E-state index contributed by atoms with van der Waals surface area (Å²) >= 11 is 0. The fraction of sp³-hybridized carbons (Fsp3) is 0.118. The third-order valence-corrected chi connectivity index (χ3v) is 3.42. The molecule has 0 N–H and O–H groups in total. The maximum absolute atomic E-state index is 12.2. The van der Waals surface area contributed by atoms with Crippen LogP contribution in [0.15, 0.2) is 54.9 Å². The summed E-state index contributed by atoms with van der Waals surface area (Å²) in [6.07, 6.45) is 1.90. The van der Waals surface area contributed by atoms with Crippen molar-refractivity contribution in [1.82, 2.24) is 20.2 Å². The summed E-state index contributed by atoms with van der Waals surface area (Å²) < 4.78 is 6.79. The Morgan fingerprint density at radius 2 is 1.67 bits per heavy atom. The van der Waals surface area contributed by atoms with Crippen LogP contribution in [-0.2, 0) is 0 Å². The normalized spacial score (nSPS) is 10.4. The Kier molecular flexibility index (Phi) is 4.42. The number of ether oxygens (including phenoxy) is 1. The molecule has 3 rings (SSSR count). The Morgan fingerprint density at radius 1 is 1.00 bits per heavy atom. The van der Waals surface area contributed by atoms with Crippen molar-refractivity contribution in [3.63, 3.8) is 0 Å². The number of hydrogen-bond donors (Lipinski definition) is 0. The van der Waals surface area contributed by atoms with Gasteiger partial charge in [0, 0.05) is 12.0 Å². The van der Waals surface area contributed by atoms with Crippen molar-refractivity contribution < 1.29 is 14.3 Å². The summed E-state index contributed by atoms with van der Waals surface area (Å²) in [5.41, 5.74) is 1.74. The number of carbonyl (C=O) groups is 2. The molecule has 0 spiro atoms. The summed E-state index contributed by atoms with van der Waals surface area (Å²) in [5.74, 6) is -0.0453. The number of Topliss-reactive ketones (excluding diaryl/α,β-unsaturated/α-hetero) is 1. The van der Waals surface area contributed by atoms with Crippen molar-refractivity contribution in [2.75, 3.05) is 0 Å². The van der Waals surface area contributed by atoms with E-state index in [0.717, 1.165) is 5.69 Å². The van der Waals surface area contributed by atoms with E-state index in [9.17, 15) is 9.59 Å². The molecule has 0 saturated carbocycles. The van der Waals surface area contributed by atoms with Crippen LogP contribution in [0.4, 0.5) is 0 Å². The SMILES string of the molecule is CCC(=O)c1ccc(OC(=O)c2ccc(-n3cnnn3)cc2)cc1. The van der Waals surface area contributed by atoms with E-state index in [1.54, 1.807) is 55.5 Å². The zero-order valence-electron chi connectivity index (χ0n) is 12.9. The fourth-order valence-electron chi connectivity index (χ4n) is 2.11. The summed E-state index contributed by atoms with van der Waals surface area (Å²) in [4.78, 5) is 23.7. The molecule has 0 aliphatic rings. The van der Waals surface area contributed by atoms with Gasteiger partial charge in [-0.3, -0.25) is 4.79 Å². The molecule has 7 nitrogen and oxygen atoms in total. The van der Waals surface area contributed by atoms with Gasteiger partial charge in [0.1, 0.15) is 12.1 Å². The van der Waals surface area contributed by atoms with Gasteiger partial charge in [0.2, 0.25) is 0 Å². The molecule has 24 heavy (non-hydrogen) atoms. The van der Waals surface area contributed by atoms with E-state index in [4.69, 9.17) is 4.74 Å². The second-order valence-corrected chi connectivity index (χ2v) is 4.99. The molecule has 0 aliphatic heterocycles. The van der Waals surface area contributed by atoms with Crippen molar-refractivity contribution >= 4 is 11.8 Å². The standard InChI is InChI=1S/C17H14N4O3/c1-2-16(22)12-5-9-15(10-6-12)24-17(23)13-3-7-14(8-4-13)21-11-18-19-20-21/h3-11H,2H2,1H3. The van der Waals surface area contributed by atoms with Crippen molar-refractivity contribution in [2.45, 2.75) is 13.3 Å². The van der Waals surface area contributed by atoms with Crippen LogP contribution < -0.4 is 4.74 Å². The number of ketones is 1. The molecule has 0 amide bonds. The lowest BCUT2D eigenvalue weighted by Gasteiger charge is -2.06. The highest BCUT2D eigenvalue weighted by molar-refractivity contribution is 5.96. The number of hydrogen-bond acceptors (Lipinski definition) is 6. The van der Waals surface area contributed by atoms with Crippen LogP contribution in [0.3, 0.4) is 0 Å². The van der Waals surface area contributed by atoms with E-state index in [2.05, 4.69) is 15.5 Å². The average Bonchev–Trinajstić information content (AvgIpc) is 3.16. The smallest absolute Gasteiger partial charge is 0.343 e. The van der Waals surface area contributed by atoms with Gasteiger partial charge in [-0.15, -0.1) is 5.10 Å². The maximum Gasteiger partial charge on any atom is 0.343 e. The first-order valence-electron chi connectivity index (χ1n) is 7.36. The number of carbonyl (C=O) groups excluding carboxylic acids is 2. The van der Waals surface area contributed by atoms with Gasteiger partial charge in [-0.05, 0) is 59.0 Å². The molecular weight excluding hydrogens is 308 g/mol. The Bertz CT molecular complexity index is 841. The van der Waals surface area contributed by atoms with Crippen molar-refractivity contribution in [3.05, 3.63) is 66.0 Å². The Hall–Kier alpha value is -3.35. The minimum absolute atomic E-state index is 0.0473. The highest BCUT2D eigenvalue weighted by atomic mass is 16.5. The van der Waals surface area contributed by atoms with Crippen LogP contribution in [0.1, 0.15) is 34.1 Å². The predicted octanol–water partition coefficient (Wildman–Crippen LogP) is 2.47. The van der Waals surface area contributed by atoms with Crippen molar-refractivity contribution in [1.29, 1.82) is 0 Å². The van der Waals surface area contributed by atoms with Gasteiger partial charge in [-0.2, -0.15) is 0 Å². The quantitative estimate of drug-likeness (QED) is 0.407. The fourth-order valence-corrected chi connectivity index (χ4v) is 2.11. The molecule has 0 atom stereocenters. The molecular formula is C17H14N4O3. The zero-order chi connectivity index (χ0) is 16.9. The molecule has 0 saturated heterocycles. The summed E-state index contributed by atoms with van der Waals surface area (Å²) in [6.45, 7) is 1.80. The Labute approximate surface area is 137 Å². The second-order valence-electron chi connectivity index (χ2n) is 4.99. The average molecular weight is 322 g/mol. The molecule has 0 unspecified atom stereocenters. The Morgan fingerprint density at radius 3 is 2.25 bits per heavy atom. The number of benzene rings is 2. The highest BCUT2D eigenvalue weighted by Crippen LogP contribution is 2.16. The van der Waals surface area contributed by atoms with E-state index in [1.807, 2.05) is 0 Å². The number of tetrazole rings is 1. The van der Waals surface area contributed by atoms with Gasteiger partial charge < -0.3 is 4.74 Å². The van der Waals surface area contributed by atoms with Crippen molar-refractivity contribution in [2.24, 2.45) is 0 Å². The molecule has 0 bridgehead atoms. The summed E-state index contributed by atoms with van der Waals surface area (Å²) in [6, 6.07) is 13.2. The topological polar surface area (TPSA) is 87.0 Å². The third kappa shape index (κ3) is 3.35. The number of esters is 1. The molecule has 7 heteroatoms. The lowest BCUT2D eigenvalue weighted by atomic mass is 10.1.